The van der Waals surface area contributed by atoms with Crippen LogP contribution in [0.15, 0.2) is 24.5 Å². The van der Waals surface area contributed by atoms with E-state index in [2.05, 4.69) is 15.0 Å². The smallest absolute Gasteiger partial charge is 0.476 e. The van der Waals surface area contributed by atoms with Gasteiger partial charge in [-0.15, -0.1) is 0 Å². The fourth-order valence-corrected chi connectivity index (χ4v) is 6.63. The van der Waals surface area contributed by atoms with Crippen molar-refractivity contribution >= 4 is 42.7 Å². The molecule has 3 fully saturated rings. The zero-order valence-electron chi connectivity index (χ0n) is 21.2. The molecular formula is C23H24ClFN5O9P. The van der Waals surface area contributed by atoms with Crippen LogP contribution in [0, 0.1) is 5.82 Å². The molecule has 40 heavy (non-hydrogen) atoms. The van der Waals surface area contributed by atoms with Gasteiger partial charge in [-0.1, -0.05) is 11.6 Å². The summed E-state index contributed by atoms with van der Waals surface area (Å²) in [6, 6.07) is 3.90. The van der Waals surface area contributed by atoms with Crippen molar-refractivity contribution in [2.24, 2.45) is 0 Å². The van der Waals surface area contributed by atoms with Crippen molar-refractivity contribution in [2.45, 2.75) is 50.4 Å². The molecule has 3 aromatic rings. The Kier molecular flexibility index (Phi) is 6.84. The summed E-state index contributed by atoms with van der Waals surface area (Å²) in [5.74, 6) is -0.439. The van der Waals surface area contributed by atoms with E-state index in [1.54, 1.807) is 13.8 Å². The number of aromatic nitrogens is 4. The topological polar surface area (TPSA) is 168 Å². The Morgan fingerprint density at radius 1 is 1.32 bits per heavy atom. The van der Waals surface area contributed by atoms with Gasteiger partial charge in [0.2, 0.25) is 11.8 Å². The van der Waals surface area contributed by atoms with E-state index in [9.17, 15) is 13.8 Å². The number of nitrogens with zero attached hydrogens (tertiary/aromatic N) is 4. The van der Waals surface area contributed by atoms with Crippen molar-refractivity contribution in [1.29, 1.82) is 0 Å². The number of nitrogens with two attached hydrogens (primary N) is 1. The van der Waals surface area contributed by atoms with E-state index in [0.717, 1.165) is 6.07 Å². The van der Waals surface area contributed by atoms with Gasteiger partial charge < -0.3 is 24.7 Å². The first-order valence-electron chi connectivity index (χ1n) is 12.3. The molecule has 2 N–H and O–H groups in total. The minimum absolute atomic E-state index is 0.0216. The molecule has 1 aromatic carbocycles. The third-order valence-electron chi connectivity index (χ3n) is 6.70. The molecule has 6 atom stereocenters. The Labute approximate surface area is 231 Å². The number of carbonyl (C=O) groups is 1. The first-order chi connectivity index (χ1) is 19.1. The average Bonchev–Trinajstić information content (AvgIpc) is 3.51. The highest BCUT2D eigenvalue weighted by atomic mass is 35.5. The number of ether oxygens (including phenoxy) is 4. The van der Waals surface area contributed by atoms with Crippen LogP contribution >= 0.6 is 19.4 Å². The van der Waals surface area contributed by atoms with Gasteiger partial charge >= 0.3 is 14.0 Å². The van der Waals surface area contributed by atoms with Gasteiger partial charge in [-0.05, 0) is 37.6 Å². The molecule has 6 unspecified atom stereocenters. The van der Waals surface area contributed by atoms with Crippen LogP contribution in [-0.4, -0.2) is 63.3 Å². The summed E-state index contributed by atoms with van der Waals surface area (Å²) in [6.07, 6.45) is -2.92. The zero-order valence-corrected chi connectivity index (χ0v) is 22.8. The van der Waals surface area contributed by atoms with Gasteiger partial charge in [-0.3, -0.25) is 18.1 Å². The fraction of sp³-hybridized carbons (Fsp3) is 0.478. The Morgan fingerprint density at radius 3 is 2.92 bits per heavy atom. The van der Waals surface area contributed by atoms with E-state index in [-0.39, 0.29) is 35.7 Å². The SMILES string of the molecule is CCOc1nc(N)nc2c1ncn2C1OC(COP2(=O)OCCC(c3cc(F)cc(Cl)c3)O2)C2OC(=O)OC21C. The molecule has 0 radical (unpaired) electrons. The monoisotopic (exact) mass is 599 g/mol. The molecule has 0 saturated carbocycles. The number of phosphoric acid groups is 1. The summed E-state index contributed by atoms with van der Waals surface area (Å²) >= 11 is 5.96. The molecule has 17 heteroatoms. The Balaban J connectivity index is 1.24. The van der Waals surface area contributed by atoms with Crippen LogP contribution in [0.5, 0.6) is 5.88 Å². The quantitative estimate of drug-likeness (QED) is 0.305. The van der Waals surface area contributed by atoms with Crippen LogP contribution in [0.4, 0.5) is 15.1 Å². The summed E-state index contributed by atoms with van der Waals surface area (Å²) in [5, 5.41) is 0.168. The molecule has 0 aliphatic carbocycles. The van der Waals surface area contributed by atoms with Gasteiger partial charge in [0.15, 0.2) is 29.1 Å². The molecular weight excluding hydrogens is 576 g/mol. The molecule has 2 aromatic heterocycles. The summed E-state index contributed by atoms with van der Waals surface area (Å²) in [6.45, 7) is 3.38. The number of halogens is 2. The van der Waals surface area contributed by atoms with Crippen molar-refractivity contribution < 1.29 is 46.3 Å². The second-order valence-electron chi connectivity index (χ2n) is 9.41. The van der Waals surface area contributed by atoms with E-state index in [0.29, 0.717) is 24.1 Å². The number of nitrogen functional groups attached to an aromatic ring is 1. The summed E-state index contributed by atoms with van der Waals surface area (Å²) in [4.78, 5) is 24.9. The van der Waals surface area contributed by atoms with E-state index >= 15 is 0 Å². The molecule has 0 amide bonds. The number of rotatable bonds is 7. The molecule has 0 spiro atoms. The van der Waals surface area contributed by atoms with Gasteiger partial charge in [0.05, 0.1) is 32.3 Å². The largest absolute Gasteiger partial charge is 0.509 e. The summed E-state index contributed by atoms with van der Waals surface area (Å²) in [5.41, 5.74) is 5.51. The van der Waals surface area contributed by atoms with E-state index in [4.69, 9.17) is 49.9 Å². The zero-order chi connectivity index (χ0) is 28.2. The first kappa shape index (κ1) is 27.1. The molecule has 3 aliphatic rings. The highest BCUT2D eigenvalue weighted by molar-refractivity contribution is 7.48. The van der Waals surface area contributed by atoms with Gasteiger partial charge in [0.25, 0.3) is 0 Å². The van der Waals surface area contributed by atoms with Gasteiger partial charge in [0.1, 0.15) is 11.9 Å². The number of hydrogen-bond acceptors (Lipinski definition) is 13. The molecule has 214 valence electrons. The van der Waals surface area contributed by atoms with Crippen LogP contribution in [-0.2, 0) is 32.3 Å². The van der Waals surface area contributed by atoms with Crippen LogP contribution in [0.3, 0.4) is 0 Å². The maximum atomic E-state index is 13.9. The maximum absolute atomic E-state index is 13.9. The highest BCUT2D eigenvalue weighted by Gasteiger charge is 2.64. The van der Waals surface area contributed by atoms with E-state index in [1.807, 2.05) is 0 Å². The predicted octanol–water partition coefficient (Wildman–Crippen LogP) is 4.09. The normalized spacial score (nSPS) is 31.6. The molecule has 14 nitrogen and oxygen atoms in total. The lowest BCUT2D eigenvalue weighted by Crippen LogP contribution is -2.42. The van der Waals surface area contributed by atoms with Crippen molar-refractivity contribution in [3.8, 4) is 5.88 Å². The lowest BCUT2D eigenvalue weighted by molar-refractivity contribution is -0.0925. The number of phosphoric ester groups is 1. The Bertz CT molecular complexity index is 1510. The Hall–Kier alpha value is -3.07. The molecule has 0 bridgehead atoms. The second-order valence-corrected chi connectivity index (χ2v) is 11.5. The van der Waals surface area contributed by atoms with Crippen molar-refractivity contribution in [2.75, 3.05) is 25.6 Å². The summed E-state index contributed by atoms with van der Waals surface area (Å²) in [7, 11) is -4.13. The van der Waals surface area contributed by atoms with Crippen molar-refractivity contribution in [3.63, 3.8) is 0 Å². The predicted molar refractivity (Wildman–Crippen MR) is 134 cm³/mol. The maximum Gasteiger partial charge on any atom is 0.509 e. The number of imidazole rings is 1. The highest BCUT2D eigenvalue weighted by Crippen LogP contribution is 2.58. The molecule has 3 aliphatic heterocycles. The van der Waals surface area contributed by atoms with Crippen molar-refractivity contribution in [1.82, 2.24) is 19.5 Å². The fourth-order valence-electron chi connectivity index (χ4n) is 5.01. The van der Waals surface area contributed by atoms with Crippen LogP contribution in [0.1, 0.15) is 38.2 Å². The third-order valence-corrected chi connectivity index (χ3v) is 8.40. The molecule has 5 heterocycles. The first-order valence-corrected chi connectivity index (χ1v) is 14.1. The van der Waals surface area contributed by atoms with E-state index < -0.39 is 49.9 Å². The lowest BCUT2D eigenvalue weighted by Gasteiger charge is -2.30. The summed E-state index contributed by atoms with van der Waals surface area (Å²) < 4.78 is 68.0. The minimum Gasteiger partial charge on any atom is -0.476 e. The number of carbonyl (C=O) groups excluding carboxylic acids is 1. The third kappa shape index (κ3) is 4.76. The molecule has 6 rings (SSSR count). The Morgan fingerprint density at radius 2 is 2.15 bits per heavy atom. The van der Waals surface area contributed by atoms with Crippen LogP contribution in [0.2, 0.25) is 5.02 Å². The minimum atomic E-state index is -4.13. The van der Waals surface area contributed by atoms with Gasteiger partial charge in [-0.25, -0.2) is 18.7 Å². The number of hydrogen-bond donors (Lipinski definition) is 1. The van der Waals surface area contributed by atoms with Crippen LogP contribution in [0.25, 0.3) is 11.2 Å². The standard InChI is InChI=1S/C23H24ClFN5O9P/c1-3-33-19-16-18(28-21(26)29-19)30(10-27-16)20-23(2)17(37-22(31)38-23)15(36-20)9-35-40(32)34-5-4-14(39-40)11-6-12(24)8-13(25)7-11/h6-8,10,14-15,17,20H,3-5,9H2,1-2H3,(H2,26,28,29). The van der Waals surface area contributed by atoms with Gasteiger partial charge in [0, 0.05) is 11.4 Å². The second kappa shape index (κ2) is 10.1. The average molecular weight is 600 g/mol. The molecule has 3 saturated heterocycles. The number of anilines is 1. The number of fused-ring (bicyclic) bond motifs is 2. The van der Waals surface area contributed by atoms with E-state index in [1.165, 1.54) is 23.0 Å². The van der Waals surface area contributed by atoms with Crippen molar-refractivity contribution in [3.05, 3.63) is 40.9 Å². The number of benzene rings is 1. The van der Waals surface area contributed by atoms with Crippen LogP contribution < -0.4 is 10.5 Å². The van der Waals surface area contributed by atoms with Gasteiger partial charge in [-0.2, -0.15) is 9.97 Å². The lowest BCUT2D eigenvalue weighted by atomic mass is 9.96.